The Morgan fingerprint density at radius 2 is 1.48 bits per heavy atom. The van der Waals surface area contributed by atoms with E-state index in [1.165, 1.54) is 12.1 Å². The molecule has 1 fully saturated rings. The first-order valence-electron chi connectivity index (χ1n) is 9.06. The molecular formula is C20H25NO4S2. The van der Waals surface area contributed by atoms with Gasteiger partial charge in [-0.05, 0) is 62.9 Å². The third-order valence-corrected chi connectivity index (χ3v) is 8.98. The molecule has 0 amide bonds. The number of benzene rings is 2. The lowest BCUT2D eigenvalue weighted by molar-refractivity contribution is 0.579. The average molecular weight is 408 g/mol. The molecule has 0 spiro atoms. The second-order valence-corrected chi connectivity index (χ2v) is 11.2. The Morgan fingerprint density at radius 1 is 0.889 bits per heavy atom. The lowest BCUT2D eigenvalue weighted by Crippen LogP contribution is -2.19. The van der Waals surface area contributed by atoms with Gasteiger partial charge in [-0.1, -0.05) is 36.6 Å². The molecule has 0 unspecified atom stereocenters. The zero-order valence-electron chi connectivity index (χ0n) is 15.8. The molecule has 0 bridgehead atoms. The number of anilines is 1. The van der Waals surface area contributed by atoms with Crippen molar-refractivity contribution < 1.29 is 16.8 Å². The predicted molar refractivity (Wildman–Crippen MR) is 107 cm³/mol. The van der Waals surface area contributed by atoms with E-state index in [1.807, 2.05) is 19.1 Å². The summed E-state index contributed by atoms with van der Waals surface area (Å²) in [5.41, 5.74) is 2.58. The van der Waals surface area contributed by atoms with Crippen molar-refractivity contribution in [2.75, 3.05) is 4.72 Å². The highest BCUT2D eigenvalue weighted by Crippen LogP contribution is 2.31. The van der Waals surface area contributed by atoms with E-state index in [-0.39, 0.29) is 20.7 Å². The first-order valence-corrected chi connectivity index (χ1v) is 12.1. The molecule has 1 saturated carbocycles. The second-order valence-electron chi connectivity index (χ2n) is 7.31. The summed E-state index contributed by atoms with van der Waals surface area (Å²) in [5.74, 6) is 0. The summed E-state index contributed by atoms with van der Waals surface area (Å²) in [6.45, 7) is 5.44. The Labute approximate surface area is 161 Å². The normalized spacial score (nSPS) is 15.8. The van der Waals surface area contributed by atoms with Crippen molar-refractivity contribution in [1.82, 2.24) is 0 Å². The highest BCUT2D eigenvalue weighted by molar-refractivity contribution is 7.93. The Kier molecular flexibility index (Phi) is 5.36. The van der Waals surface area contributed by atoms with Gasteiger partial charge in [0.25, 0.3) is 10.0 Å². The zero-order valence-corrected chi connectivity index (χ0v) is 17.5. The second kappa shape index (κ2) is 7.28. The maximum Gasteiger partial charge on any atom is 0.262 e. The van der Waals surface area contributed by atoms with Gasteiger partial charge in [0.2, 0.25) is 0 Å². The fourth-order valence-corrected chi connectivity index (χ4v) is 7.33. The number of rotatable bonds is 5. The summed E-state index contributed by atoms with van der Waals surface area (Å²) in [7, 11) is -7.26. The van der Waals surface area contributed by atoms with E-state index in [4.69, 9.17) is 0 Å². The average Bonchev–Trinajstić information content (AvgIpc) is 3.08. The van der Waals surface area contributed by atoms with E-state index in [1.54, 1.807) is 26.0 Å². The minimum absolute atomic E-state index is 0.173. The van der Waals surface area contributed by atoms with E-state index >= 15 is 0 Å². The molecule has 0 atom stereocenters. The molecular weight excluding hydrogens is 382 g/mol. The quantitative estimate of drug-likeness (QED) is 0.808. The molecule has 146 valence electrons. The van der Waals surface area contributed by atoms with Crippen LogP contribution in [0, 0.1) is 20.8 Å². The van der Waals surface area contributed by atoms with Crippen LogP contribution >= 0.6 is 0 Å². The molecule has 0 saturated heterocycles. The molecule has 0 aliphatic heterocycles. The molecule has 1 aliphatic carbocycles. The summed E-state index contributed by atoms with van der Waals surface area (Å²) in [6.07, 6.45) is 3.17. The van der Waals surface area contributed by atoms with Crippen molar-refractivity contribution in [2.24, 2.45) is 0 Å². The zero-order chi connectivity index (χ0) is 19.8. The lowest BCUT2D eigenvalue weighted by atomic mass is 10.1. The first kappa shape index (κ1) is 19.9. The molecule has 0 aromatic heterocycles. The first-order chi connectivity index (χ1) is 12.6. The number of nitrogens with one attached hydrogen (secondary N) is 1. The molecule has 2 aromatic rings. The molecule has 27 heavy (non-hydrogen) atoms. The number of sulfone groups is 1. The van der Waals surface area contributed by atoms with Crippen LogP contribution in [0.15, 0.2) is 46.2 Å². The Morgan fingerprint density at radius 3 is 2.07 bits per heavy atom. The van der Waals surface area contributed by atoms with Crippen LogP contribution in [0.3, 0.4) is 0 Å². The third-order valence-electron chi connectivity index (χ3n) is 5.03. The Balaban J connectivity index is 1.95. The van der Waals surface area contributed by atoms with Crippen LogP contribution in [0.2, 0.25) is 0 Å². The van der Waals surface area contributed by atoms with Gasteiger partial charge in [-0.3, -0.25) is 4.72 Å². The van der Waals surface area contributed by atoms with Gasteiger partial charge in [0.05, 0.1) is 20.7 Å². The van der Waals surface area contributed by atoms with Crippen LogP contribution in [0.25, 0.3) is 0 Å². The molecule has 7 heteroatoms. The highest BCUT2D eigenvalue weighted by atomic mass is 32.2. The predicted octanol–water partition coefficient (Wildman–Crippen LogP) is 4.13. The molecule has 2 aromatic carbocycles. The topological polar surface area (TPSA) is 80.3 Å². The van der Waals surface area contributed by atoms with E-state index < -0.39 is 19.9 Å². The Hall–Kier alpha value is -1.86. The monoisotopic (exact) mass is 407 g/mol. The van der Waals surface area contributed by atoms with Crippen LogP contribution < -0.4 is 4.72 Å². The van der Waals surface area contributed by atoms with Gasteiger partial charge in [-0.25, -0.2) is 16.8 Å². The highest BCUT2D eigenvalue weighted by Gasteiger charge is 2.30. The molecule has 1 aliphatic rings. The summed E-state index contributed by atoms with van der Waals surface area (Å²) < 4.78 is 54.0. The van der Waals surface area contributed by atoms with E-state index in [9.17, 15) is 16.8 Å². The van der Waals surface area contributed by atoms with Gasteiger partial charge in [0.15, 0.2) is 9.84 Å². The van der Waals surface area contributed by atoms with Gasteiger partial charge in [0, 0.05) is 0 Å². The summed E-state index contributed by atoms with van der Waals surface area (Å²) in [6, 6.07) is 9.75. The van der Waals surface area contributed by atoms with Crippen molar-refractivity contribution >= 4 is 25.5 Å². The van der Waals surface area contributed by atoms with E-state index in [0.717, 1.165) is 18.4 Å². The van der Waals surface area contributed by atoms with Crippen molar-refractivity contribution in [2.45, 2.75) is 61.5 Å². The van der Waals surface area contributed by atoms with Crippen LogP contribution in [0.1, 0.15) is 42.4 Å². The third kappa shape index (κ3) is 4.04. The van der Waals surface area contributed by atoms with Gasteiger partial charge in [-0.2, -0.15) is 0 Å². The maximum absolute atomic E-state index is 12.9. The maximum atomic E-state index is 12.9. The standard InChI is InChI=1S/C20H25NO4S2/c1-14-11-15(2)20(16(3)12-14)27(24,25)21-17-7-6-10-19(13-17)26(22,23)18-8-4-5-9-18/h6-7,10-13,18,21H,4-5,8-9H2,1-3H3. The van der Waals surface area contributed by atoms with Crippen molar-refractivity contribution in [3.63, 3.8) is 0 Å². The summed E-state index contributed by atoms with van der Waals surface area (Å²) >= 11 is 0. The SMILES string of the molecule is Cc1cc(C)c(S(=O)(=O)Nc2cccc(S(=O)(=O)C3CCCC3)c2)c(C)c1. The van der Waals surface area contributed by atoms with E-state index in [2.05, 4.69) is 4.72 Å². The lowest BCUT2D eigenvalue weighted by Gasteiger charge is -2.15. The largest absolute Gasteiger partial charge is 0.280 e. The van der Waals surface area contributed by atoms with Crippen LogP contribution in [-0.2, 0) is 19.9 Å². The fraction of sp³-hybridized carbons (Fsp3) is 0.400. The van der Waals surface area contributed by atoms with Crippen LogP contribution in [0.4, 0.5) is 5.69 Å². The van der Waals surface area contributed by atoms with Crippen LogP contribution in [-0.4, -0.2) is 22.1 Å². The molecule has 1 N–H and O–H groups in total. The minimum Gasteiger partial charge on any atom is -0.280 e. The molecule has 0 heterocycles. The van der Waals surface area contributed by atoms with Crippen LogP contribution in [0.5, 0.6) is 0 Å². The number of aryl methyl sites for hydroxylation is 3. The van der Waals surface area contributed by atoms with Crippen molar-refractivity contribution in [3.8, 4) is 0 Å². The molecule has 0 radical (unpaired) electrons. The van der Waals surface area contributed by atoms with Crippen molar-refractivity contribution in [1.29, 1.82) is 0 Å². The van der Waals surface area contributed by atoms with Crippen molar-refractivity contribution in [3.05, 3.63) is 53.1 Å². The summed E-state index contributed by atoms with van der Waals surface area (Å²) in [4.78, 5) is 0.407. The van der Waals surface area contributed by atoms with Gasteiger partial charge in [-0.15, -0.1) is 0 Å². The summed E-state index contributed by atoms with van der Waals surface area (Å²) in [5, 5.41) is -0.369. The smallest absolute Gasteiger partial charge is 0.262 e. The number of hydrogen-bond acceptors (Lipinski definition) is 4. The van der Waals surface area contributed by atoms with Gasteiger partial charge < -0.3 is 0 Å². The minimum atomic E-state index is -3.82. The number of hydrogen-bond donors (Lipinski definition) is 1. The van der Waals surface area contributed by atoms with Gasteiger partial charge >= 0.3 is 0 Å². The Bertz CT molecular complexity index is 1040. The fourth-order valence-electron chi connectivity index (χ4n) is 3.92. The molecule has 5 nitrogen and oxygen atoms in total. The van der Waals surface area contributed by atoms with E-state index in [0.29, 0.717) is 24.0 Å². The number of sulfonamides is 1. The van der Waals surface area contributed by atoms with Gasteiger partial charge in [0.1, 0.15) is 0 Å². The molecule has 3 rings (SSSR count).